The maximum absolute atomic E-state index is 12.8. The monoisotopic (exact) mass is 355 g/mol. The minimum Gasteiger partial charge on any atom is -0.329 e. The van der Waals surface area contributed by atoms with Crippen LogP contribution in [0, 0.1) is 0 Å². The lowest BCUT2D eigenvalue weighted by atomic mass is 9.90. The molecular formula is C22H17N3O2. The van der Waals surface area contributed by atoms with Gasteiger partial charge in [-0.15, -0.1) is 0 Å². The molecule has 27 heavy (non-hydrogen) atoms. The zero-order valence-corrected chi connectivity index (χ0v) is 14.4. The van der Waals surface area contributed by atoms with Gasteiger partial charge in [-0.3, -0.25) is 14.6 Å². The first kappa shape index (κ1) is 16.7. The Hall–Kier alpha value is -3.73. The summed E-state index contributed by atoms with van der Waals surface area (Å²) in [6, 6.07) is 24.5. The number of carbonyl (C=O) groups is 2. The zero-order chi connectivity index (χ0) is 18.6. The lowest BCUT2D eigenvalue weighted by Crippen LogP contribution is -2.21. The van der Waals surface area contributed by atoms with Crippen LogP contribution in [-0.2, 0) is 9.59 Å². The molecule has 1 unspecified atom stereocenters. The smallest absolute Gasteiger partial charge is 0.238 e. The third kappa shape index (κ3) is 3.35. The van der Waals surface area contributed by atoms with Crippen molar-refractivity contribution >= 4 is 35.1 Å². The van der Waals surface area contributed by atoms with Crippen molar-refractivity contribution in [1.29, 1.82) is 0 Å². The number of para-hydroxylation sites is 1. The molecule has 1 heterocycles. The molecule has 132 valence electrons. The molecule has 0 saturated carbocycles. The summed E-state index contributed by atoms with van der Waals surface area (Å²) in [5.41, 5.74) is 4.58. The van der Waals surface area contributed by atoms with Crippen LogP contribution in [0.25, 0.3) is 0 Å². The second-order valence-electron chi connectivity index (χ2n) is 6.19. The fourth-order valence-corrected chi connectivity index (χ4v) is 3.26. The minimum absolute atomic E-state index is 0.0963. The summed E-state index contributed by atoms with van der Waals surface area (Å²) in [4.78, 5) is 28.3. The van der Waals surface area contributed by atoms with Crippen LogP contribution in [-0.4, -0.2) is 18.0 Å². The molecule has 3 aromatic rings. The summed E-state index contributed by atoms with van der Waals surface area (Å²) in [6.07, 6.45) is 0.627. The van der Waals surface area contributed by atoms with E-state index in [4.69, 9.17) is 4.99 Å². The van der Waals surface area contributed by atoms with E-state index in [1.165, 1.54) is 0 Å². The summed E-state index contributed by atoms with van der Waals surface area (Å²) < 4.78 is 0. The fraction of sp³-hybridized carbons (Fsp3) is 0.0455. The molecule has 0 aromatic heterocycles. The second kappa shape index (κ2) is 7.25. The predicted octanol–water partition coefficient (Wildman–Crippen LogP) is 4.11. The topological polar surface area (TPSA) is 70.6 Å². The first-order chi connectivity index (χ1) is 13.3. The fourth-order valence-electron chi connectivity index (χ4n) is 3.26. The van der Waals surface area contributed by atoms with Gasteiger partial charge in [0, 0.05) is 11.4 Å². The third-order valence-corrected chi connectivity index (χ3v) is 4.46. The molecule has 0 aliphatic carbocycles. The van der Waals surface area contributed by atoms with Crippen LogP contribution in [0.15, 0.2) is 83.9 Å². The normalized spacial score (nSPS) is 15.8. The first-order valence-corrected chi connectivity index (χ1v) is 8.60. The number of anilines is 2. The number of rotatable bonds is 5. The standard InChI is InChI=1S/C22H17N3O2/c26-14-23-16-9-6-10-17(13-16)24-21(15-7-2-1-3-8-15)20-18-11-4-5-12-19(18)25-22(20)27/h1-14,20H,(H,23,26)(H,25,27). The van der Waals surface area contributed by atoms with Crippen LogP contribution >= 0.6 is 0 Å². The van der Waals surface area contributed by atoms with Crippen LogP contribution in [0.3, 0.4) is 0 Å². The quantitative estimate of drug-likeness (QED) is 0.534. The highest BCUT2D eigenvalue weighted by Crippen LogP contribution is 2.36. The highest BCUT2D eigenvalue weighted by atomic mass is 16.2. The highest BCUT2D eigenvalue weighted by molar-refractivity contribution is 6.24. The Kier molecular flexibility index (Phi) is 4.49. The molecule has 2 amide bonds. The second-order valence-corrected chi connectivity index (χ2v) is 6.19. The molecule has 1 aliphatic heterocycles. The van der Waals surface area contributed by atoms with Crippen LogP contribution < -0.4 is 10.6 Å². The summed E-state index contributed by atoms with van der Waals surface area (Å²) >= 11 is 0. The van der Waals surface area contributed by atoms with Crippen LogP contribution in [0.2, 0.25) is 0 Å². The van der Waals surface area contributed by atoms with E-state index in [0.717, 1.165) is 16.8 Å². The maximum atomic E-state index is 12.8. The van der Waals surface area contributed by atoms with Gasteiger partial charge >= 0.3 is 0 Å². The van der Waals surface area contributed by atoms with Gasteiger partial charge in [-0.2, -0.15) is 0 Å². The van der Waals surface area contributed by atoms with Gasteiger partial charge in [-0.05, 0) is 35.4 Å². The van der Waals surface area contributed by atoms with E-state index in [-0.39, 0.29) is 5.91 Å². The molecule has 0 saturated heterocycles. The molecule has 3 aromatic carbocycles. The number of nitrogens with zero attached hydrogens (tertiary/aromatic N) is 1. The Labute approximate surface area is 156 Å². The van der Waals surface area contributed by atoms with E-state index in [2.05, 4.69) is 10.6 Å². The lowest BCUT2D eigenvalue weighted by molar-refractivity contribution is -0.115. The minimum atomic E-state index is -0.494. The number of amides is 2. The van der Waals surface area contributed by atoms with Crippen LogP contribution in [0.4, 0.5) is 17.1 Å². The van der Waals surface area contributed by atoms with Gasteiger partial charge in [0.15, 0.2) is 0 Å². The van der Waals surface area contributed by atoms with Gasteiger partial charge in [-0.25, -0.2) is 0 Å². The van der Waals surface area contributed by atoms with Gasteiger partial charge in [0.25, 0.3) is 0 Å². The first-order valence-electron chi connectivity index (χ1n) is 8.60. The summed E-state index contributed by atoms with van der Waals surface area (Å²) in [5, 5.41) is 5.56. The van der Waals surface area contributed by atoms with Crippen molar-refractivity contribution < 1.29 is 9.59 Å². The average molecular weight is 355 g/mol. The van der Waals surface area contributed by atoms with Crippen LogP contribution in [0.1, 0.15) is 17.0 Å². The summed E-state index contributed by atoms with van der Waals surface area (Å²) in [7, 11) is 0. The van der Waals surface area contributed by atoms with Gasteiger partial charge in [0.05, 0.1) is 11.4 Å². The van der Waals surface area contributed by atoms with Crippen molar-refractivity contribution in [2.75, 3.05) is 10.6 Å². The molecule has 0 spiro atoms. The van der Waals surface area contributed by atoms with Gasteiger partial charge in [0.2, 0.25) is 12.3 Å². The Morgan fingerprint density at radius 2 is 1.74 bits per heavy atom. The lowest BCUT2D eigenvalue weighted by Gasteiger charge is -2.14. The largest absolute Gasteiger partial charge is 0.329 e. The Bertz CT molecular complexity index is 1030. The van der Waals surface area contributed by atoms with E-state index in [1.807, 2.05) is 66.7 Å². The van der Waals surface area contributed by atoms with E-state index in [0.29, 0.717) is 23.5 Å². The van der Waals surface area contributed by atoms with E-state index < -0.39 is 5.92 Å². The highest BCUT2D eigenvalue weighted by Gasteiger charge is 2.35. The molecule has 2 N–H and O–H groups in total. The number of hydrogen-bond donors (Lipinski definition) is 2. The number of aliphatic imine (C=N–C) groups is 1. The zero-order valence-electron chi connectivity index (χ0n) is 14.4. The van der Waals surface area contributed by atoms with E-state index in [9.17, 15) is 9.59 Å². The number of nitrogens with one attached hydrogen (secondary N) is 2. The van der Waals surface area contributed by atoms with Crippen molar-refractivity contribution in [3.05, 3.63) is 90.0 Å². The van der Waals surface area contributed by atoms with E-state index >= 15 is 0 Å². The molecule has 1 atom stereocenters. The van der Waals surface area contributed by atoms with Crippen molar-refractivity contribution in [2.45, 2.75) is 5.92 Å². The average Bonchev–Trinajstić information content (AvgIpc) is 3.03. The van der Waals surface area contributed by atoms with E-state index in [1.54, 1.807) is 12.1 Å². The summed E-state index contributed by atoms with van der Waals surface area (Å²) in [6.45, 7) is 0. The van der Waals surface area contributed by atoms with Crippen molar-refractivity contribution in [2.24, 2.45) is 4.99 Å². The molecule has 1 aliphatic rings. The van der Waals surface area contributed by atoms with Gasteiger partial charge in [0.1, 0.15) is 5.92 Å². The number of benzene rings is 3. The molecular weight excluding hydrogens is 338 g/mol. The molecule has 4 rings (SSSR count). The Morgan fingerprint density at radius 3 is 2.56 bits per heavy atom. The van der Waals surface area contributed by atoms with Crippen molar-refractivity contribution in [3.63, 3.8) is 0 Å². The summed E-state index contributed by atoms with van der Waals surface area (Å²) in [5.74, 6) is -0.590. The maximum Gasteiger partial charge on any atom is 0.238 e. The Balaban J connectivity index is 1.85. The van der Waals surface area contributed by atoms with Gasteiger partial charge < -0.3 is 10.6 Å². The molecule has 5 heteroatoms. The predicted molar refractivity (Wildman–Crippen MR) is 107 cm³/mol. The SMILES string of the molecule is O=CNc1cccc(N=C(c2ccccc2)C2C(=O)Nc3ccccc32)c1. The molecule has 5 nitrogen and oxygen atoms in total. The molecule has 0 fully saturated rings. The molecule has 0 radical (unpaired) electrons. The molecule has 0 bridgehead atoms. The third-order valence-electron chi connectivity index (χ3n) is 4.46. The van der Waals surface area contributed by atoms with Crippen molar-refractivity contribution in [3.8, 4) is 0 Å². The van der Waals surface area contributed by atoms with Gasteiger partial charge in [-0.1, -0.05) is 54.6 Å². The number of hydrogen-bond acceptors (Lipinski definition) is 3. The van der Waals surface area contributed by atoms with Crippen LogP contribution in [0.5, 0.6) is 0 Å². The Morgan fingerprint density at radius 1 is 0.963 bits per heavy atom. The van der Waals surface area contributed by atoms with Crippen molar-refractivity contribution in [1.82, 2.24) is 0 Å². The number of fused-ring (bicyclic) bond motifs is 1. The number of carbonyl (C=O) groups excluding carboxylic acids is 2.